The monoisotopic (exact) mass is 348 g/mol. The number of benzene rings is 3. The standard InChI is InChI=1S/C21H20N2O3/c1-25-19-11-3-15(4-12-19)21(24)23-18-7-5-16(6-8-18)22-17-9-13-20(26-2)14-10-17/h3-14,22H,1-2H3,(H,23,24). The fourth-order valence-electron chi connectivity index (χ4n) is 2.42. The molecule has 0 aliphatic carbocycles. The van der Waals surface area contributed by atoms with E-state index in [-0.39, 0.29) is 5.91 Å². The lowest BCUT2D eigenvalue weighted by Gasteiger charge is -2.09. The van der Waals surface area contributed by atoms with Gasteiger partial charge in [-0.2, -0.15) is 0 Å². The summed E-state index contributed by atoms with van der Waals surface area (Å²) >= 11 is 0. The second-order valence-corrected chi connectivity index (χ2v) is 5.61. The summed E-state index contributed by atoms with van der Waals surface area (Å²) in [5.41, 5.74) is 3.19. The van der Waals surface area contributed by atoms with Gasteiger partial charge in [-0.15, -0.1) is 0 Å². The topological polar surface area (TPSA) is 59.6 Å². The minimum Gasteiger partial charge on any atom is -0.497 e. The van der Waals surface area contributed by atoms with Crippen LogP contribution in [0.4, 0.5) is 17.1 Å². The van der Waals surface area contributed by atoms with Crippen molar-refractivity contribution in [1.82, 2.24) is 0 Å². The molecular formula is C21H20N2O3. The second kappa shape index (κ2) is 8.07. The molecule has 3 rings (SSSR count). The summed E-state index contributed by atoms with van der Waals surface area (Å²) in [6.45, 7) is 0. The van der Waals surface area contributed by atoms with Crippen LogP contribution in [0.3, 0.4) is 0 Å². The molecule has 5 heteroatoms. The lowest BCUT2D eigenvalue weighted by molar-refractivity contribution is 0.102. The molecule has 0 saturated carbocycles. The summed E-state index contributed by atoms with van der Waals surface area (Å²) in [4.78, 5) is 12.3. The Balaban J connectivity index is 1.62. The summed E-state index contributed by atoms with van der Waals surface area (Å²) < 4.78 is 10.2. The van der Waals surface area contributed by atoms with Crippen LogP contribution in [0.15, 0.2) is 72.8 Å². The van der Waals surface area contributed by atoms with E-state index >= 15 is 0 Å². The molecule has 0 unspecified atom stereocenters. The van der Waals surface area contributed by atoms with Crippen molar-refractivity contribution in [1.29, 1.82) is 0 Å². The van der Waals surface area contributed by atoms with Crippen LogP contribution in [-0.4, -0.2) is 20.1 Å². The first kappa shape index (κ1) is 17.4. The summed E-state index contributed by atoms with van der Waals surface area (Å²) in [5, 5.41) is 6.18. The van der Waals surface area contributed by atoms with Crippen LogP contribution >= 0.6 is 0 Å². The molecule has 0 aromatic heterocycles. The Bertz CT molecular complexity index is 857. The third-order valence-corrected chi connectivity index (χ3v) is 3.87. The second-order valence-electron chi connectivity index (χ2n) is 5.61. The molecule has 3 aromatic carbocycles. The van der Waals surface area contributed by atoms with Gasteiger partial charge >= 0.3 is 0 Å². The average molecular weight is 348 g/mol. The van der Waals surface area contributed by atoms with Crippen molar-refractivity contribution in [2.24, 2.45) is 0 Å². The van der Waals surface area contributed by atoms with Crippen LogP contribution in [0, 0.1) is 0 Å². The Morgan fingerprint density at radius 2 is 1.08 bits per heavy atom. The first-order valence-electron chi connectivity index (χ1n) is 8.14. The molecule has 0 bridgehead atoms. The van der Waals surface area contributed by atoms with Gasteiger partial charge in [0.05, 0.1) is 14.2 Å². The van der Waals surface area contributed by atoms with Gasteiger partial charge in [-0.1, -0.05) is 0 Å². The van der Waals surface area contributed by atoms with Crippen LogP contribution in [0.1, 0.15) is 10.4 Å². The van der Waals surface area contributed by atoms with Gasteiger partial charge in [0.2, 0.25) is 0 Å². The van der Waals surface area contributed by atoms with Crippen LogP contribution in [0.5, 0.6) is 11.5 Å². The summed E-state index contributed by atoms with van der Waals surface area (Å²) in [5.74, 6) is 1.37. The highest BCUT2D eigenvalue weighted by atomic mass is 16.5. The zero-order chi connectivity index (χ0) is 18.4. The highest BCUT2D eigenvalue weighted by Gasteiger charge is 2.06. The van der Waals surface area contributed by atoms with E-state index in [2.05, 4.69) is 10.6 Å². The lowest BCUT2D eigenvalue weighted by Crippen LogP contribution is -2.11. The van der Waals surface area contributed by atoms with Gasteiger partial charge in [-0.05, 0) is 72.8 Å². The predicted molar refractivity (Wildman–Crippen MR) is 104 cm³/mol. The highest BCUT2D eigenvalue weighted by molar-refractivity contribution is 6.04. The molecule has 0 saturated heterocycles. The van der Waals surface area contributed by atoms with Gasteiger partial charge in [0, 0.05) is 22.6 Å². The van der Waals surface area contributed by atoms with Crippen LogP contribution in [0.2, 0.25) is 0 Å². The van der Waals surface area contributed by atoms with Gasteiger partial charge in [0.1, 0.15) is 11.5 Å². The number of ether oxygens (including phenoxy) is 2. The van der Waals surface area contributed by atoms with Crippen molar-refractivity contribution in [2.45, 2.75) is 0 Å². The molecule has 132 valence electrons. The molecule has 0 heterocycles. The Morgan fingerprint density at radius 3 is 1.58 bits per heavy atom. The van der Waals surface area contributed by atoms with Crippen molar-refractivity contribution in [3.05, 3.63) is 78.4 Å². The molecule has 0 spiro atoms. The SMILES string of the molecule is COc1ccc(Nc2ccc(NC(=O)c3ccc(OC)cc3)cc2)cc1. The van der Waals surface area contributed by atoms with E-state index in [0.29, 0.717) is 5.56 Å². The molecule has 26 heavy (non-hydrogen) atoms. The Labute approximate surface area is 152 Å². The Kier molecular flexibility index (Phi) is 5.39. The zero-order valence-electron chi connectivity index (χ0n) is 14.7. The fourth-order valence-corrected chi connectivity index (χ4v) is 2.42. The highest BCUT2D eigenvalue weighted by Crippen LogP contribution is 2.21. The van der Waals surface area contributed by atoms with Crippen molar-refractivity contribution in [3.8, 4) is 11.5 Å². The van der Waals surface area contributed by atoms with Crippen molar-refractivity contribution in [3.63, 3.8) is 0 Å². The van der Waals surface area contributed by atoms with Gasteiger partial charge in [0.25, 0.3) is 5.91 Å². The number of hydrogen-bond donors (Lipinski definition) is 2. The van der Waals surface area contributed by atoms with E-state index in [0.717, 1.165) is 28.6 Å². The predicted octanol–water partition coefficient (Wildman–Crippen LogP) is 4.70. The van der Waals surface area contributed by atoms with E-state index in [9.17, 15) is 4.79 Å². The van der Waals surface area contributed by atoms with E-state index in [4.69, 9.17) is 9.47 Å². The number of amides is 1. The lowest BCUT2D eigenvalue weighted by atomic mass is 10.2. The van der Waals surface area contributed by atoms with Gasteiger partial charge in [-0.25, -0.2) is 0 Å². The number of carbonyl (C=O) groups excluding carboxylic acids is 1. The number of nitrogens with one attached hydrogen (secondary N) is 2. The normalized spacial score (nSPS) is 10.1. The van der Waals surface area contributed by atoms with Gasteiger partial charge in [0.15, 0.2) is 0 Å². The first-order chi connectivity index (χ1) is 12.7. The maximum absolute atomic E-state index is 12.3. The maximum atomic E-state index is 12.3. The number of rotatable bonds is 6. The molecule has 5 nitrogen and oxygen atoms in total. The summed E-state index contributed by atoms with van der Waals surface area (Å²) in [6.07, 6.45) is 0. The number of hydrogen-bond acceptors (Lipinski definition) is 4. The molecule has 2 N–H and O–H groups in total. The summed E-state index contributed by atoms with van der Waals surface area (Å²) in [6, 6.07) is 22.2. The Morgan fingerprint density at radius 1 is 0.654 bits per heavy atom. The van der Waals surface area contributed by atoms with Crippen molar-refractivity contribution >= 4 is 23.0 Å². The third-order valence-electron chi connectivity index (χ3n) is 3.87. The number of carbonyl (C=O) groups is 1. The quantitative estimate of drug-likeness (QED) is 0.678. The van der Waals surface area contributed by atoms with Crippen LogP contribution in [-0.2, 0) is 0 Å². The molecule has 0 fully saturated rings. The van der Waals surface area contributed by atoms with Crippen LogP contribution < -0.4 is 20.1 Å². The number of methoxy groups -OCH3 is 2. The molecular weight excluding hydrogens is 328 g/mol. The Hall–Kier alpha value is -3.47. The third kappa shape index (κ3) is 4.33. The van der Waals surface area contributed by atoms with Crippen molar-refractivity contribution in [2.75, 3.05) is 24.9 Å². The molecule has 1 amide bonds. The molecule has 0 atom stereocenters. The minimum absolute atomic E-state index is 0.163. The van der Waals surface area contributed by atoms with E-state index in [1.807, 2.05) is 48.5 Å². The summed E-state index contributed by atoms with van der Waals surface area (Å²) in [7, 11) is 3.23. The fraction of sp³-hybridized carbons (Fsp3) is 0.0952. The largest absolute Gasteiger partial charge is 0.497 e. The molecule has 3 aromatic rings. The first-order valence-corrected chi connectivity index (χ1v) is 8.14. The van der Waals surface area contributed by atoms with E-state index in [1.54, 1.807) is 38.5 Å². The minimum atomic E-state index is -0.163. The number of anilines is 3. The molecule has 0 aliphatic rings. The van der Waals surface area contributed by atoms with Gasteiger partial charge in [-0.3, -0.25) is 4.79 Å². The van der Waals surface area contributed by atoms with Gasteiger partial charge < -0.3 is 20.1 Å². The van der Waals surface area contributed by atoms with E-state index < -0.39 is 0 Å². The molecule has 0 aliphatic heterocycles. The van der Waals surface area contributed by atoms with Crippen LogP contribution in [0.25, 0.3) is 0 Å². The van der Waals surface area contributed by atoms with Crippen molar-refractivity contribution < 1.29 is 14.3 Å². The molecule has 0 radical (unpaired) electrons. The maximum Gasteiger partial charge on any atom is 0.255 e. The van der Waals surface area contributed by atoms with E-state index in [1.165, 1.54) is 0 Å². The zero-order valence-corrected chi connectivity index (χ0v) is 14.7. The average Bonchev–Trinajstić information content (AvgIpc) is 2.70. The smallest absolute Gasteiger partial charge is 0.255 e.